The van der Waals surface area contributed by atoms with Gasteiger partial charge in [-0.25, -0.2) is 4.90 Å². The lowest BCUT2D eigenvalue weighted by atomic mass is 9.75. The highest BCUT2D eigenvalue weighted by molar-refractivity contribution is 6.31. The molecule has 0 aromatic heterocycles. The molecule has 3 fully saturated rings. The molecule has 180 valence electrons. The zero-order valence-electron chi connectivity index (χ0n) is 18.9. The summed E-state index contributed by atoms with van der Waals surface area (Å²) in [4.78, 5) is 55.4. The maximum atomic E-state index is 14.1. The van der Waals surface area contributed by atoms with E-state index < -0.39 is 34.1 Å². The van der Waals surface area contributed by atoms with E-state index in [9.17, 15) is 24.5 Å². The number of amides is 3. The number of fused-ring (bicyclic) bond motifs is 7. The van der Waals surface area contributed by atoms with Crippen LogP contribution in [0.3, 0.4) is 0 Å². The normalized spacial score (nSPS) is 28.9. The van der Waals surface area contributed by atoms with E-state index in [1.165, 1.54) is 25.3 Å². The third-order valence-corrected chi connectivity index (χ3v) is 8.10. The first kappa shape index (κ1) is 22.0. The summed E-state index contributed by atoms with van der Waals surface area (Å²) in [5.41, 5.74) is 0.567. The van der Waals surface area contributed by atoms with Gasteiger partial charge in [0, 0.05) is 28.4 Å². The predicted molar refractivity (Wildman–Crippen MR) is 125 cm³/mol. The Balaban J connectivity index is 1.55. The summed E-state index contributed by atoms with van der Waals surface area (Å²) < 4.78 is 5.32. The number of hydrogen-bond donors (Lipinski definition) is 1. The molecular formula is C24H21ClN4O6. The van der Waals surface area contributed by atoms with Gasteiger partial charge in [0.1, 0.15) is 11.3 Å². The number of nitro benzene ring substituents is 1. The second-order valence-electron chi connectivity index (χ2n) is 9.40. The molecule has 4 heterocycles. The number of anilines is 2. The van der Waals surface area contributed by atoms with Crippen LogP contribution in [0.15, 0.2) is 30.3 Å². The monoisotopic (exact) mass is 496 g/mol. The molecule has 0 radical (unpaired) electrons. The lowest BCUT2D eigenvalue weighted by molar-refractivity contribution is -0.384. The van der Waals surface area contributed by atoms with Gasteiger partial charge in [-0.3, -0.25) is 29.4 Å². The Labute approximate surface area is 204 Å². The molecule has 3 saturated heterocycles. The van der Waals surface area contributed by atoms with Gasteiger partial charge in [0.2, 0.25) is 17.7 Å². The quantitative estimate of drug-likeness (QED) is 0.393. The summed E-state index contributed by atoms with van der Waals surface area (Å²) in [6.45, 7) is 2.42. The number of hydrogen-bond acceptors (Lipinski definition) is 7. The van der Waals surface area contributed by atoms with E-state index >= 15 is 0 Å². The predicted octanol–water partition coefficient (Wildman–Crippen LogP) is 3.00. The minimum absolute atomic E-state index is 0.0355. The molecule has 0 saturated carbocycles. The summed E-state index contributed by atoms with van der Waals surface area (Å²) >= 11 is 6.40. The molecule has 6 rings (SSSR count). The lowest BCUT2D eigenvalue weighted by Gasteiger charge is -2.36. The van der Waals surface area contributed by atoms with Crippen molar-refractivity contribution in [3.63, 3.8) is 0 Å². The van der Waals surface area contributed by atoms with Crippen molar-refractivity contribution in [2.45, 2.75) is 31.3 Å². The van der Waals surface area contributed by atoms with Crippen LogP contribution in [0.2, 0.25) is 5.02 Å². The number of halogens is 1. The highest BCUT2D eigenvalue weighted by Gasteiger charge is 2.75. The molecular weight excluding hydrogens is 476 g/mol. The van der Waals surface area contributed by atoms with Crippen LogP contribution in [-0.2, 0) is 19.9 Å². The number of carbonyl (C=O) groups is 3. The average Bonchev–Trinajstić information content (AvgIpc) is 3.52. The number of nitro groups is 1. The molecule has 11 heteroatoms. The maximum absolute atomic E-state index is 14.1. The molecule has 4 aliphatic rings. The summed E-state index contributed by atoms with van der Waals surface area (Å²) in [5.74, 6) is -2.95. The largest absolute Gasteiger partial charge is 0.494 e. The summed E-state index contributed by atoms with van der Waals surface area (Å²) in [6, 6.07) is 6.93. The molecule has 1 N–H and O–H groups in total. The van der Waals surface area contributed by atoms with E-state index in [4.69, 9.17) is 16.3 Å². The Morgan fingerprint density at radius 3 is 2.69 bits per heavy atom. The third-order valence-electron chi connectivity index (χ3n) is 7.88. The van der Waals surface area contributed by atoms with Crippen molar-refractivity contribution in [3.05, 3.63) is 56.6 Å². The van der Waals surface area contributed by atoms with Crippen LogP contribution in [0.25, 0.3) is 0 Å². The fourth-order valence-corrected chi connectivity index (χ4v) is 6.91. The Morgan fingerprint density at radius 2 is 1.97 bits per heavy atom. The van der Waals surface area contributed by atoms with Crippen molar-refractivity contribution >= 4 is 46.4 Å². The van der Waals surface area contributed by atoms with Gasteiger partial charge in [-0.05, 0) is 50.1 Å². The Morgan fingerprint density at radius 1 is 1.20 bits per heavy atom. The highest BCUT2D eigenvalue weighted by atomic mass is 35.5. The van der Waals surface area contributed by atoms with Crippen molar-refractivity contribution in [2.24, 2.45) is 11.8 Å². The van der Waals surface area contributed by atoms with Crippen LogP contribution in [0.5, 0.6) is 5.75 Å². The minimum Gasteiger partial charge on any atom is -0.494 e. The number of non-ortho nitro benzene ring substituents is 1. The number of nitrogens with zero attached hydrogens (tertiary/aromatic N) is 3. The fourth-order valence-electron chi connectivity index (χ4n) is 6.64. The molecule has 2 aromatic rings. The smallest absolute Gasteiger partial charge is 0.273 e. The first-order valence-electron chi connectivity index (χ1n) is 11.3. The van der Waals surface area contributed by atoms with Crippen molar-refractivity contribution in [1.82, 2.24) is 4.90 Å². The summed E-state index contributed by atoms with van der Waals surface area (Å²) in [7, 11) is 1.32. The van der Waals surface area contributed by atoms with Crippen molar-refractivity contribution < 1.29 is 24.0 Å². The number of methoxy groups -OCH3 is 1. The van der Waals surface area contributed by atoms with Crippen LogP contribution >= 0.6 is 11.6 Å². The number of benzene rings is 2. The van der Waals surface area contributed by atoms with Gasteiger partial charge >= 0.3 is 0 Å². The number of aryl methyl sites for hydroxylation is 1. The summed E-state index contributed by atoms with van der Waals surface area (Å²) in [5, 5.41) is 14.6. The van der Waals surface area contributed by atoms with Crippen molar-refractivity contribution in [3.8, 4) is 5.75 Å². The molecule has 10 nitrogen and oxygen atoms in total. The van der Waals surface area contributed by atoms with E-state index in [1.54, 1.807) is 12.1 Å². The molecule has 35 heavy (non-hydrogen) atoms. The van der Waals surface area contributed by atoms with Gasteiger partial charge in [0.25, 0.3) is 5.69 Å². The van der Waals surface area contributed by atoms with Gasteiger partial charge in [0.05, 0.1) is 35.6 Å². The van der Waals surface area contributed by atoms with Gasteiger partial charge in [-0.1, -0.05) is 11.6 Å². The fraction of sp³-hybridized carbons (Fsp3) is 0.375. The van der Waals surface area contributed by atoms with E-state index in [0.29, 0.717) is 29.2 Å². The first-order valence-corrected chi connectivity index (χ1v) is 11.7. The topological polar surface area (TPSA) is 122 Å². The molecule has 3 amide bonds. The Kier molecular flexibility index (Phi) is 4.56. The second kappa shape index (κ2) is 7.25. The number of carbonyl (C=O) groups excluding carboxylic acids is 3. The number of rotatable bonds is 3. The molecule has 0 bridgehead atoms. The maximum Gasteiger partial charge on any atom is 0.273 e. The van der Waals surface area contributed by atoms with Crippen molar-refractivity contribution in [1.29, 1.82) is 0 Å². The second-order valence-corrected chi connectivity index (χ2v) is 9.83. The Hall–Kier alpha value is -3.50. The van der Waals surface area contributed by atoms with E-state index in [2.05, 4.69) is 5.32 Å². The van der Waals surface area contributed by atoms with Crippen LogP contribution in [-0.4, -0.2) is 47.2 Å². The molecule has 4 aliphatic heterocycles. The van der Waals surface area contributed by atoms with Gasteiger partial charge in [-0.15, -0.1) is 0 Å². The lowest BCUT2D eigenvalue weighted by Crippen LogP contribution is -2.54. The van der Waals surface area contributed by atoms with Gasteiger partial charge < -0.3 is 10.1 Å². The minimum atomic E-state index is -1.35. The zero-order chi connectivity index (χ0) is 24.8. The van der Waals surface area contributed by atoms with Crippen LogP contribution in [0.1, 0.15) is 24.0 Å². The third kappa shape index (κ3) is 2.61. The van der Waals surface area contributed by atoms with E-state index in [-0.39, 0.29) is 29.1 Å². The molecule has 1 spiro atoms. The molecule has 2 aromatic carbocycles. The van der Waals surface area contributed by atoms with Gasteiger partial charge in [0.15, 0.2) is 0 Å². The zero-order valence-corrected chi connectivity index (χ0v) is 19.7. The van der Waals surface area contributed by atoms with Crippen LogP contribution in [0, 0.1) is 28.9 Å². The first-order chi connectivity index (χ1) is 16.7. The standard InChI is InChI=1S/C24H21ClN4O6/c1-11-8-12(25)9-14-20(11)26-23(32)24(14)19-18(16-4-3-7-27(16)24)21(30)28(22(19)31)15-6-5-13(29(33)34)10-17(15)35-2/h5-6,8-10,16,18-19H,3-4,7H2,1-2H3,(H,26,32)/t16-,18-,19-,24-/m1/s1. The Bertz CT molecular complexity index is 1360. The van der Waals surface area contributed by atoms with Crippen molar-refractivity contribution in [2.75, 3.05) is 23.9 Å². The molecule has 0 aliphatic carbocycles. The molecule has 0 unspecified atom stereocenters. The molecule has 4 atom stereocenters. The van der Waals surface area contributed by atoms with E-state index in [1.807, 2.05) is 11.8 Å². The SMILES string of the molecule is COc1cc([N+](=O)[O-])ccc1N1C(=O)[C@@H]2[C@H]3CCCN3[C@@]3(C(=O)Nc4c(C)cc(Cl)cc43)[C@H]2C1=O. The number of ether oxygens (including phenoxy) is 1. The van der Waals surface area contributed by atoms with Crippen LogP contribution < -0.4 is 15.0 Å². The number of nitrogens with one attached hydrogen (secondary N) is 1. The average molecular weight is 497 g/mol. The van der Waals surface area contributed by atoms with Gasteiger partial charge in [-0.2, -0.15) is 0 Å². The number of imide groups is 1. The van der Waals surface area contributed by atoms with Crippen LogP contribution in [0.4, 0.5) is 17.1 Å². The van der Waals surface area contributed by atoms with E-state index in [0.717, 1.165) is 16.9 Å². The highest BCUT2D eigenvalue weighted by Crippen LogP contribution is 2.61. The summed E-state index contributed by atoms with van der Waals surface area (Å²) in [6.07, 6.45) is 1.47.